The van der Waals surface area contributed by atoms with E-state index in [1.54, 1.807) is 0 Å². The average molecular weight is 213 g/mol. The number of hydrogen-bond donors (Lipinski definition) is 1. The van der Waals surface area contributed by atoms with Crippen LogP contribution in [0.1, 0.15) is 5.56 Å². The molecule has 0 aromatic heterocycles. The number of nitrogens with two attached hydrogens (primary N) is 1. The van der Waals surface area contributed by atoms with E-state index in [1.807, 2.05) is 0 Å². The van der Waals surface area contributed by atoms with Gasteiger partial charge in [-0.3, -0.25) is 0 Å². The van der Waals surface area contributed by atoms with E-state index in [1.165, 1.54) is 18.2 Å². The fourth-order valence-corrected chi connectivity index (χ4v) is 3.01. The molecule has 1 aromatic carbocycles. The van der Waals surface area contributed by atoms with Crippen molar-refractivity contribution in [2.75, 3.05) is 6.54 Å². The van der Waals surface area contributed by atoms with Gasteiger partial charge in [-0.05, 0) is 17.7 Å². The van der Waals surface area contributed by atoms with E-state index in [2.05, 4.69) is 0 Å². The summed E-state index contributed by atoms with van der Waals surface area (Å²) in [5.41, 5.74) is 5.79. The third-order valence-corrected chi connectivity index (χ3v) is 3.67. The summed E-state index contributed by atoms with van der Waals surface area (Å²) in [7, 11) is -3.47. The number of fused-ring (bicyclic) bond motifs is 1. The molecule has 0 saturated heterocycles. The van der Waals surface area contributed by atoms with Gasteiger partial charge in [0.2, 0.25) is 9.84 Å². The lowest BCUT2D eigenvalue weighted by Gasteiger charge is -2.02. The normalized spacial score (nSPS) is 17.7. The van der Waals surface area contributed by atoms with Crippen LogP contribution in [0.5, 0.6) is 0 Å². The number of hydrogen-bond acceptors (Lipinski definition) is 3. The van der Waals surface area contributed by atoms with Gasteiger partial charge in [0.05, 0.1) is 4.90 Å². The Bertz CT molecular complexity index is 520. The van der Waals surface area contributed by atoms with Crippen molar-refractivity contribution in [3.8, 4) is 0 Å². The standard InChI is InChI=1S/C9H8FNO2S/c10-7-2-1-3-8-9(7)6(4-11)5-14(8,12)13/h1-3,5H,4,11H2. The highest BCUT2D eigenvalue weighted by atomic mass is 32.2. The molecule has 0 atom stereocenters. The molecule has 14 heavy (non-hydrogen) atoms. The summed E-state index contributed by atoms with van der Waals surface area (Å²) in [6.07, 6.45) is 0. The summed E-state index contributed by atoms with van der Waals surface area (Å²) in [5.74, 6) is -0.541. The SMILES string of the molecule is NCC1=CS(=O)(=O)c2cccc(F)c21. The van der Waals surface area contributed by atoms with Crippen molar-refractivity contribution >= 4 is 15.4 Å². The van der Waals surface area contributed by atoms with Gasteiger partial charge in [0, 0.05) is 17.5 Å². The lowest BCUT2D eigenvalue weighted by Crippen LogP contribution is -2.02. The molecule has 1 heterocycles. The highest BCUT2D eigenvalue weighted by Gasteiger charge is 2.28. The van der Waals surface area contributed by atoms with Crippen LogP contribution in [0.4, 0.5) is 4.39 Å². The summed E-state index contributed by atoms with van der Waals surface area (Å²) in [4.78, 5) is 0.0120. The zero-order chi connectivity index (χ0) is 10.3. The van der Waals surface area contributed by atoms with Gasteiger partial charge in [-0.25, -0.2) is 12.8 Å². The van der Waals surface area contributed by atoms with Crippen LogP contribution in [0.25, 0.3) is 5.57 Å². The molecule has 5 heteroatoms. The zero-order valence-corrected chi connectivity index (χ0v) is 8.01. The maximum Gasteiger partial charge on any atom is 0.200 e. The first-order valence-electron chi connectivity index (χ1n) is 4.01. The van der Waals surface area contributed by atoms with E-state index in [0.29, 0.717) is 5.57 Å². The first-order valence-corrected chi connectivity index (χ1v) is 5.55. The van der Waals surface area contributed by atoms with Crippen LogP contribution in [0.15, 0.2) is 28.5 Å². The summed E-state index contributed by atoms with van der Waals surface area (Å²) < 4.78 is 36.3. The smallest absolute Gasteiger partial charge is 0.200 e. The molecule has 1 aliphatic rings. The van der Waals surface area contributed by atoms with Crippen LogP contribution in [-0.2, 0) is 9.84 Å². The summed E-state index contributed by atoms with van der Waals surface area (Å²) in [6, 6.07) is 3.98. The fourth-order valence-electron chi connectivity index (χ4n) is 1.51. The minimum Gasteiger partial charge on any atom is -0.326 e. The van der Waals surface area contributed by atoms with E-state index >= 15 is 0 Å². The lowest BCUT2D eigenvalue weighted by molar-refractivity contribution is 0.599. The van der Waals surface area contributed by atoms with Crippen molar-refractivity contribution in [3.63, 3.8) is 0 Å². The number of halogens is 1. The molecule has 0 bridgehead atoms. The maximum absolute atomic E-state index is 13.3. The van der Waals surface area contributed by atoms with Crippen molar-refractivity contribution in [1.82, 2.24) is 0 Å². The number of sulfone groups is 1. The Morgan fingerprint density at radius 1 is 1.36 bits per heavy atom. The molecule has 0 radical (unpaired) electrons. The first kappa shape index (κ1) is 9.36. The van der Waals surface area contributed by atoms with Gasteiger partial charge in [0.15, 0.2) is 0 Å². The second-order valence-corrected chi connectivity index (χ2v) is 4.77. The Hall–Kier alpha value is -1.20. The van der Waals surface area contributed by atoms with Gasteiger partial charge in [-0.2, -0.15) is 0 Å². The highest BCUT2D eigenvalue weighted by Crippen LogP contribution is 2.34. The predicted molar refractivity (Wildman–Crippen MR) is 50.6 cm³/mol. The topological polar surface area (TPSA) is 60.2 Å². The molecular formula is C9H8FNO2S. The van der Waals surface area contributed by atoms with Crippen molar-refractivity contribution < 1.29 is 12.8 Å². The van der Waals surface area contributed by atoms with Crippen LogP contribution in [0.2, 0.25) is 0 Å². The minimum absolute atomic E-state index is 0.0120. The molecule has 1 aromatic rings. The molecule has 0 aliphatic carbocycles. The molecule has 0 unspecified atom stereocenters. The number of rotatable bonds is 1. The quantitative estimate of drug-likeness (QED) is 0.754. The Kier molecular flexibility index (Phi) is 1.94. The second-order valence-electron chi connectivity index (χ2n) is 3.01. The van der Waals surface area contributed by atoms with Gasteiger partial charge in [0.1, 0.15) is 5.82 Å². The van der Waals surface area contributed by atoms with Crippen molar-refractivity contribution in [3.05, 3.63) is 35.0 Å². The van der Waals surface area contributed by atoms with Crippen LogP contribution >= 0.6 is 0 Å². The van der Waals surface area contributed by atoms with Crippen LogP contribution in [0, 0.1) is 5.82 Å². The lowest BCUT2D eigenvalue weighted by atomic mass is 10.1. The molecule has 2 rings (SSSR count). The van der Waals surface area contributed by atoms with E-state index in [-0.39, 0.29) is 17.0 Å². The first-order chi connectivity index (χ1) is 6.56. The Labute approximate surface area is 81.0 Å². The highest BCUT2D eigenvalue weighted by molar-refractivity contribution is 7.95. The third-order valence-electron chi connectivity index (χ3n) is 2.12. The molecule has 2 N–H and O–H groups in total. The van der Waals surface area contributed by atoms with Crippen LogP contribution < -0.4 is 5.73 Å². The van der Waals surface area contributed by atoms with Gasteiger partial charge in [0.25, 0.3) is 0 Å². The fraction of sp³-hybridized carbons (Fsp3) is 0.111. The van der Waals surface area contributed by atoms with Gasteiger partial charge in [-0.15, -0.1) is 0 Å². The molecule has 0 fully saturated rings. The summed E-state index contributed by atoms with van der Waals surface area (Å²) >= 11 is 0. The monoisotopic (exact) mass is 213 g/mol. The molecule has 1 aliphatic heterocycles. The zero-order valence-electron chi connectivity index (χ0n) is 7.20. The van der Waals surface area contributed by atoms with Gasteiger partial charge < -0.3 is 5.73 Å². The van der Waals surface area contributed by atoms with E-state index < -0.39 is 15.7 Å². The average Bonchev–Trinajstić information content (AvgIpc) is 2.40. The van der Waals surface area contributed by atoms with Gasteiger partial charge >= 0.3 is 0 Å². The second kappa shape index (κ2) is 2.90. The Morgan fingerprint density at radius 2 is 2.07 bits per heavy atom. The molecule has 0 saturated carbocycles. The molecule has 3 nitrogen and oxygen atoms in total. The minimum atomic E-state index is -3.47. The van der Waals surface area contributed by atoms with Crippen LogP contribution in [-0.4, -0.2) is 15.0 Å². The molecule has 0 spiro atoms. The van der Waals surface area contributed by atoms with Crippen molar-refractivity contribution in [2.24, 2.45) is 5.73 Å². The Balaban J connectivity index is 2.82. The molecular weight excluding hydrogens is 205 g/mol. The van der Waals surface area contributed by atoms with Gasteiger partial charge in [-0.1, -0.05) is 6.07 Å². The predicted octanol–water partition coefficient (Wildman–Crippen LogP) is 0.913. The maximum atomic E-state index is 13.3. The largest absolute Gasteiger partial charge is 0.326 e. The van der Waals surface area contributed by atoms with Crippen molar-refractivity contribution in [1.29, 1.82) is 0 Å². The molecule has 74 valence electrons. The number of benzene rings is 1. The van der Waals surface area contributed by atoms with Crippen molar-refractivity contribution in [2.45, 2.75) is 4.90 Å². The molecule has 0 amide bonds. The summed E-state index contributed by atoms with van der Waals surface area (Å²) in [5, 5.41) is 1.03. The summed E-state index contributed by atoms with van der Waals surface area (Å²) in [6.45, 7) is 0.0210. The Morgan fingerprint density at radius 3 is 2.71 bits per heavy atom. The third kappa shape index (κ3) is 1.17. The van der Waals surface area contributed by atoms with Crippen LogP contribution in [0.3, 0.4) is 0 Å². The van der Waals surface area contributed by atoms with E-state index in [4.69, 9.17) is 5.73 Å². The van der Waals surface area contributed by atoms with E-state index in [9.17, 15) is 12.8 Å². The van der Waals surface area contributed by atoms with E-state index in [0.717, 1.165) is 5.41 Å².